The Balaban J connectivity index is 1.80. The van der Waals surface area contributed by atoms with Crippen molar-refractivity contribution in [2.24, 2.45) is 5.92 Å². The smallest absolute Gasteiger partial charge is 0.373 e. The summed E-state index contributed by atoms with van der Waals surface area (Å²) in [6.45, 7) is 2.87. The van der Waals surface area contributed by atoms with E-state index < -0.39 is 52.6 Å². The Labute approximate surface area is 142 Å². The van der Waals surface area contributed by atoms with Crippen LogP contribution in [0.3, 0.4) is 0 Å². The molecule has 1 spiro atoms. The maximum absolute atomic E-state index is 12.6. The van der Waals surface area contributed by atoms with Crippen LogP contribution in [0.4, 0.5) is 13.2 Å². The van der Waals surface area contributed by atoms with Crippen LogP contribution in [0.25, 0.3) is 0 Å². The molecule has 2 N–H and O–H groups in total. The van der Waals surface area contributed by atoms with Crippen LogP contribution in [-0.2, 0) is 19.0 Å². The predicted molar refractivity (Wildman–Crippen MR) is 77.5 cm³/mol. The summed E-state index contributed by atoms with van der Waals surface area (Å²) in [4.78, 5) is 12.3. The van der Waals surface area contributed by atoms with Crippen molar-refractivity contribution >= 4 is 5.78 Å². The average Bonchev–Trinajstić information content (AvgIpc) is 3.38. The van der Waals surface area contributed by atoms with Gasteiger partial charge in [-0.15, -0.1) is 0 Å². The first-order valence-electron chi connectivity index (χ1n) is 7.95. The van der Waals surface area contributed by atoms with Gasteiger partial charge < -0.3 is 24.4 Å². The lowest BCUT2D eigenvalue weighted by molar-refractivity contribution is -0.221. The fraction of sp³-hybridized carbons (Fsp3) is 0.812. The first-order chi connectivity index (χ1) is 11.4. The van der Waals surface area contributed by atoms with Crippen molar-refractivity contribution in [2.45, 2.75) is 62.1 Å². The second-order valence-corrected chi connectivity index (χ2v) is 7.26. The molecular formula is C16H21F3O6. The van der Waals surface area contributed by atoms with Crippen molar-refractivity contribution in [3.05, 3.63) is 11.6 Å². The molecule has 25 heavy (non-hydrogen) atoms. The lowest BCUT2D eigenvalue weighted by Gasteiger charge is -2.42. The van der Waals surface area contributed by atoms with Crippen LogP contribution in [0, 0.1) is 5.92 Å². The minimum atomic E-state index is -4.39. The number of Topliss-reactive ketones (excluding diaryl/α,β-unsaturated/α-hetero) is 1. The van der Waals surface area contributed by atoms with Crippen LogP contribution in [0.15, 0.2) is 11.6 Å². The molecule has 1 saturated carbocycles. The lowest BCUT2D eigenvalue weighted by atomic mass is 9.67. The van der Waals surface area contributed by atoms with Crippen LogP contribution in [-0.4, -0.2) is 65.1 Å². The van der Waals surface area contributed by atoms with Gasteiger partial charge in [0.05, 0.1) is 18.6 Å². The molecule has 9 heteroatoms. The van der Waals surface area contributed by atoms with E-state index in [-0.39, 0.29) is 19.4 Å². The summed E-state index contributed by atoms with van der Waals surface area (Å²) in [5, 5.41) is 19.9. The van der Waals surface area contributed by atoms with Crippen LogP contribution < -0.4 is 0 Å². The molecule has 1 aliphatic carbocycles. The van der Waals surface area contributed by atoms with Gasteiger partial charge >= 0.3 is 6.18 Å². The van der Waals surface area contributed by atoms with Crippen LogP contribution in [0.2, 0.25) is 0 Å². The zero-order valence-corrected chi connectivity index (χ0v) is 14.1. The number of hydrogen-bond donors (Lipinski definition) is 2. The summed E-state index contributed by atoms with van der Waals surface area (Å²) in [5.74, 6) is -4.07. The highest BCUT2D eigenvalue weighted by Gasteiger charge is 2.75. The third kappa shape index (κ3) is 3.02. The molecule has 0 aromatic carbocycles. The van der Waals surface area contributed by atoms with Gasteiger partial charge in [-0.2, -0.15) is 13.2 Å². The molecule has 0 aromatic heterocycles. The summed E-state index contributed by atoms with van der Waals surface area (Å²) >= 11 is 0. The Kier molecular flexibility index (Phi) is 4.13. The van der Waals surface area contributed by atoms with Gasteiger partial charge in [0.25, 0.3) is 0 Å². The quantitative estimate of drug-likeness (QED) is 0.440. The predicted octanol–water partition coefficient (Wildman–Crippen LogP) is 1.10. The monoisotopic (exact) mass is 366 g/mol. The fourth-order valence-electron chi connectivity index (χ4n) is 3.94. The molecule has 3 fully saturated rings. The van der Waals surface area contributed by atoms with Crippen LogP contribution in [0.1, 0.15) is 26.7 Å². The Morgan fingerprint density at radius 1 is 1.44 bits per heavy atom. The van der Waals surface area contributed by atoms with E-state index in [1.54, 1.807) is 6.92 Å². The molecular weight excluding hydrogens is 345 g/mol. The largest absolute Gasteiger partial charge is 0.412 e. The van der Waals surface area contributed by atoms with E-state index >= 15 is 0 Å². The number of halogens is 3. The first kappa shape index (κ1) is 18.8. The Morgan fingerprint density at radius 2 is 2.04 bits per heavy atom. The number of aliphatic hydroxyl groups is 2. The SMILES string of the molecule is COC1C(=O)C(O)(O)CC2(CO2)C1C1(C)OC1CC=C(C)C(F)(F)F. The molecule has 6 nitrogen and oxygen atoms in total. The highest BCUT2D eigenvalue weighted by atomic mass is 19.4. The number of carbonyl (C=O) groups is 1. The number of hydrogen-bond acceptors (Lipinski definition) is 6. The van der Waals surface area contributed by atoms with Gasteiger partial charge in [-0.3, -0.25) is 4.79 Å². The van der Waals surface area contributed by atoms with E-state index in [9.17, 15) is 28.2 Å². The lowest BCUT2D eigenvalue weighted by Crippen LogP contribution is -2.63. The third-order valence-electron chi connectivity index (χ3n) is 5.52. The summed E-state index contributed by atoms with van der Waals surface area (Å²) in [5.41, 5.74) is -2.63. The van der Waals surface area contributed by atoms with Gasteiger partial charge in [0.1, 0.15) is 17.3 Å². The van der Waals surface area contributed by atoms with Gasteiger partial charge in [-0.1, -0.05) is 6.08 Å². The fourth-order valence-corrected chi connectivity index (χ4v) is 3.94. The minimum absolute atomic E-state index is 0.0302. The number of allylic oxidation sites excluding steroid dienone is 1. The Hall–Kier alpha value is -1.00. The molecule has 2 saturated heterocycles. The standard InChI is InChI=1S/C16H21F3O6/c1-8(16(17,18)19)4-5-9-13(2,25-9)11-10(23-3)12(20)15(21,22)6-14(11)7-24-14/h4,9-11,21-22H,5-7H2,1-3H3. The van der Waals surface area contributed by atoms with E-state index in [0.29, 0.717) is 0 Å². The molecule has 5 atom stereocenters. The summed E-state index contributed by atoms with van der Waals surface area (Å²) in [6.07, 6.45) is -5.32. The summed E-state index contributed by atoms with van der Waals surface area (Å²) < 4.78 is 54.1. The average molecular weight is 366 g/mol. The first-order valence-corrected chi connectivity index (χ1v) is 7.95. The van der Waals surface area contributed by atoms with E-state index in [0.717, 1.165) is 13.0 Å². The maximum atomic E-state index is 12.6. The molecule has 0 radical (unpaired) electrons. The molecule has 0 amide bonds. The molecule has 3 aliphatic rings. The van der Waals surface area contributed by atoms with Crippen molar-refractivity contribution in [1.82, 2.24) is 0 Å². The molecule has 0 aromatic rings. The van der Waals surface area contributed by atoms with Gasteiger partial charge in [0.2, 0.25) is 11.6 Å². The number of rotatable bonds is 4. The Morgan fingerprint density at radius 3 is 2.52 bits per heavy atom. The molecule has 2 aliphatic heterocycles. The van der Waals surface area contributed by atoms with Gasteiger partial charge in [-0.25, -0.2) is 0 Å². The minimum Gasteiger partial charge on any atom is -0.373 e. The Bertz CT molecular complexity index is 609. The molecule has 142 valence electrons. The molecule has 3 rings (SSSR count). The summed E-state index contributed by atoms with van der Waals surface area (Å²) in [7, 11) is 1.27. The van der Waals surface area contributed by atoms with E-state index in [4.69, 9.17) is 14.2 Å². The van der Waals surface area contributed by atoms with E-state index in [1.807, 2.05) is 0 Å². The van der Waals surface area contributed by atoms with E-state index in [2.05, 4.69) is 0 Å². The zero-order valence-electron chi connectivity index (χ0n) is 14.1. The van der Waals surface area contributed by atoms with Crippen molar-refractivity contribution in [2.75, 3.05) is 13.7 Å². The van der Waals surface area contributed by atoms with Crippen molar-refractivity contribution < 1.29 is 42.4 Å². The summed E-state index contributed by atoms with van der Waals surface area (Å²) in [6, 6.07) is 0. The van der Waals surface area contributed by atoms with Crippen LogP contribution >= 0.6 is 0 Å². The van der Waals surface area contributed by atoms with Crippen molar-refractivity contribution in [3.63, 3.8) is 0 Å². The number of ether oxygens (including phenoxy) is 3. The number of epoxide rings is 2. The molecule has 0 bridgehead atoms. The number of ketones is 1. The second kappa shape index (κ2) is 5.50. The number of methoxy groups -OCH3 is 1. The number of alkyl halides is 3. The topological polar surface area (TPSA) is 91.8 Å². The van der Waals surface area contributed by atoms with Crippen molar-refractivity contribution in [3.8, 4) is 0 Å². The number of carbonyl (C=O) groups excluding carboxylic acids is 1. The van der Waals surface area contributed by atoms with Crippen LogP contribution in [0.5, 0.6) is 0 Å². The molecule has 2 heterocycles. The zero-order chi connectivity index (χ0) is 18.8. The maximum Gasteiger partial charge on any atom is 0.412 e. The third-order valence-corrected chi connectivity index (χ3v) is 5.52. The van der Waals surface area contributed by atoms with Gasteiger partial charge in [0.15, 0.2) is 0 Å². The second-order valence-electron chi connectivity index (χ2n) is 7.26. The van der Waals surface area contributed by atoms with Crippen molar-refractivity contribution in [1.29, 1.82) is 0 Å². The normalized spacial score (nSPS) is 43.4. The highest BCUT2D eigenvalue weighted by molar-refractivity contribution is 5.91. The molecule has 5 unspecified atom stereocenters. The highest BCUT2D eigenvalue weighted by Crippen LogP contribution is 2.59. The van der Waals surface area contributed by atoms with E-state index in [1.165, 1.54) is 7.11 Å². The van der Waals surface area contributed by atoms with Gasteiger partial charge in [0, 0.05) is 19.1 Å². The van der Waals surface area contributed by atoms with Gasteiger partial charge in [-0.05, 0) is 20.3 Å².